The van der Waals surface area contributed by atoms with E-state index < -0.39 is 17.9 Å². The van der Waals surface area contributed by atoms with Gasteiger partial charge < -0.3 is 0 Å². The topological polar surface area (TPSA) is 0 Å². The molecule has 0 heterocycles. The zero-order valence-electron chi connectivity index (χ0n) is 7.61. The third-order valence-corrected chi connectivity index (χ3v) is 1.80. The van der Waals surface area contributed by atoms with Crippen LogP contribution in [0.5, 0.6) is 0 Å². The summed E-state index contributed by atoms with van der Waals surface area (Å²) in [6, 6.07) is 4.55. The predicted octanol–water partition coefficient (Wildman–Crippen LogP) is 3.61. The van der Waals surface area contributed by atoms with Crippen LogP contribution in [0.1, 0.15) is 18.1 Å². The van der Waals surface area contributed by atoms with Crippen molar-refractivity contribution >= 4 is 0 Å². The zero-order chi connectivity index (χ0) is 10.8. The summed E-state index contributed by atoms with van der Waals surface area (Å²) < 4.78 is 48.8. The molecular weight excluding hydrogens is 196 g/mol. The van der Waals surface area contributed by atoms with Crippen molar-refractivity contribution in [3.63, 3.8) is 0 Å². The van der Waals surface area contributed by atoms with E-state index in [0.29, 0.717) is 5.56 Å². The van der Waals surface area contributed by atoms with Gasteiger partial charge in [0, 0.05) is 6.42 Å². The smallest absolute Gasteiger partial charge is 0.247 e. The molecular formula is C10H10F4. The molecule has 78 valence electrons. The Hall–Kier alpha value is -1.06. The SMILES string of the molecule is CC(F)Cc1ccc(C(F)(F)F)cc1. The van der Waals surface area contributed by atoms with Crippen LogP contribution in [0.3, 0.4) is 0 Å². The minimum absolute atomic E-state index is 0.151. The molecule has 0 nitrogen and oxygen atoms in total. The molecule has 0 aliphatic carbocycles. The molecule has 0 aromatic heterocycles. The molecule has 0 bridgehead atoms. The van der Waals surface area contributed by atoms with Gasteiger partial charge in [-0.25, -0.2) is 4.39 Å². The van der Waals surface area contributed by atoms with Gasteiger partial charge in [-0.05, 0) is 24.6 Å². The first-order valence-electron chi connectivity index (χ1n) is 4.20. The highest BCUT2D eigenvalue weighted by molar-refractivity contribution is 5.24. The van der Waals surface area contributed by atoms with E-state index in [2.05, 4.69) is 0 Å². The Morgan fingerprint density at radius 1 is 1.14 bits per heavy atom. The van der Waals surface area contributed by atoms with Gasteiger partial charge in [0.1, 0.15) is 6.17 Å². The lowest BCUT2D eigenvalue weighted by Crippen LogP contribution is -2.05. The molecule has 1 aromatic rings. The van der Waals surface area contributed by atoms with Crippen LogP contribution in [0.25, 0.3) is 0 Å². The number of hydrogen-bond donors (Lipinski definition) is 0. The molecule has 0 aliphatic heterocycles. The van der Waals surface area contributed by atoms with Crippen LogP contribution in [0.2, 0.25) is 0 Å². The highest BCUT2D eigenvalue weighted by atomic mass is 19.4. The fourth-order valence-electron chi connectivity index (χ4n) is 1.15. The highest BCUT2D eigenvalue weighted by Gasteiger charge is 2.29. The molecule has 0 N–H and O–H groups in total. The van der Waals surface area contributed by atoms with Gasteiger partial charge in [-0.15, -0.1) is 0 Å². The van der Waals surface area contributed by atoms with Crippen LogP contribution in [-0.4, -0.2) is 6.17 Å². The van der Waals surface area contributed by atoms with Crippen LogP contribution in [0, 0.1) is 0 Å². The van der Waals surface area contributed by atoms with Gasteiger partial charge in [0.2, 0.25) is 0 Å². The Balaban J connectivity index is 2.79. The third-order valence-electron chi connectivity index (χ3n) is 1.80. The standard InChI is InChI=1S/C10H10F4/c1-7(11)6-8-2-4-9(5-3-8)10(12,13)14/h2-5,7H,6H2,1H3. The first kappa shape index (κ1) is 11.0. The Labute approximate surface area is 79.6 Å². The van der Waals surface area contributed by atoms with Gasteiger partial charge in [-0.1, -0.05) is 12.1 Å². The largest absolute Gasteiger partial charge is 0.416 e. The number of alkyl halides is 4. The summed E-state index contributed by atoms with van der Waals surface area (Å²) in [6.45, 7) is 1.37. The first-order chi connectivity index (χ1) is 6.39. The minimum atomic E-state index is -4.32. The van der Waals surface area contributed by atoms with E-state index in [0.717, 1.165) is 12.1 Å². The minimum Gasteiger partial charge on any atom is -0.247 e. The summed E-state index contributed by atoms with van der Waals surface area (Å²) in [5.41, 5.74) is -0.124. The average Bonchev–Trinajstić information content (AvgIpc) is 2.02. The molecule has 0 saturated carbocycles. The van der Waals surface area contributed by atoms with Crippen LogP contribution in [0.4, 0.5) is 17.6 Å². The fraction of sp³-hybridized carbons (Fsp3) is 0.400. The second-order valence-corrected chi connectivity index (χ2v) is 3.18. The maximum atomic E-state index is 12.5. The molecule has 1 aromatic carbocycles. The van der Waals surface area contributed by atoms with E-state index in [1.165, 1.54) is 19.1 Å². The van der Waals surface area contributed by atoms with Crippen molar-refractivity contribution in [2.75, 3.05) is 0 Å². The van der Waals surface area contributed by atoms with Gasteiger partial charge in [0.15, 0.2) is 0 Å². The van der Waals surface area contributed by atoms with Gasteiger partial charge in [0.25, 0.3) is 0 Å². The molecule has 0 aliphatic rings. The Morgan fingerprint density at radius 2 is 1.64 bits per heavy atom. The fourth-order valence-corrected chi connectivity index (χ4v) is 1.15. The predicted molar refractivity (Wildman–Crippen MR) is 45.7 cm³/mol. The quantitative estimate of drug-likeness (QED) is 0.648. The molecule has 1 unspecified atom stereocenters. The van der Waals surface area contributed by atoms with Crippen molar-refractivity contribution in [2.24, 2.45) is 0 Å². The van der Waals surface area contributed by atoms with Crippen molar-refractivity contribution in [2.45, 2.75) is 25.7 Å². The second kappa shape index (κ2) is 3.98. The van der Waals surface area contributed by atoms with Gasteiger partial charge >= 0.3 is 6.18 Å². The van der Waals surface area contributed by atoms with Crippen molar-refractivity contribution in [1.29, 1.82) is 0 Å². The summed E-state index contributed by atoms with van der Waals surface area (Å²) in [4.78, 5) is 0. The maximum Gasteiger partial charge on any atom is 0.416 e. The number of benzene rings is 1. The number of halogens is 4. The summed E-state index contributed by atoms with van der Waals surface area (Å²) in [5.74, 6) is 0. The van der Waals surface area contributed by atoms with Crippen LogP contribution in [-0.2, 0) is 12.6 Å². The molecule has 14 heavy (non-hydrogen) atoms. The molecule has 1 atom stereocenters. The summed E-state index contributed by atoms with van der Waals surface area (Å²) in [5, 5.41) is 0. The van der Waals surface area contributed by atoms with E-state index in [4.69, 9.17) is 0 Å². The molecule has 0 radical (unpaired) electrons. The van der Waals surface area contributed by atoms with Gasteiger partial charge in [0.05, 0.1) is 5.56 Å². The van der Waals surface area contributed by atoms with Crippen molar-refractivity contribution in [1.82, 2.24) is 0 Å². The van der Waals surface area contributed by atoms with E-state index in [-0.39, 0.29) is 6.42 Å². The Bertz CT molecular complexity index is 284. The molecule has 0 amide bonds. The van der Waals surface area contributed by atoms with Crippen molar-refractivity contribution in [3.8, 4) is 0 Å². The summed E-state index contributed by atoms with van der Waals surface area (Å²) in [6.07, 6.45) is -5.20. The average molecular weight is 206 g/mol. The molecule has 4 heteroatoms. The van der Waals surface area contributed by atoms with Gasteiger partial charge in [-0.3, -0.25) is 0 Å². The maximum absolute atomic E-state index is 12.5. The van der Waals surface area contributed by atoms with E-state index >= 15 is 0 Å². The monoisotopic (exact) mass is 206 g/mol. The summed E-state index contributed by atoms with van der Waals surface area (Å²) >= 11 is 0. The Kier molecular flexibility index (Phi) is 3.13. The van der Waals surface area contributed by atoms with Crippen molar-refractivity contribution in [3.05, 3.63) is 35.4 Å². The molecule has 0 saturated heterocycles. The lowest BCUT2D eigenvalue weighted by Gasteiger charge is -2.07. The second-order valence-electron chi connectivity index (χ2n) is 3.18. The Morgan fingerprint density at radius 3 is 2.00 bits per heavy atom. The van der Waals surface area contributed by atoms with Gasteiger partial charge in [-0.2, -0.15) is 13.2 Å². The molecule has 0 fully saturated rings. The zero-order valence-corrected chi connectivity index (χ0v) is 7.61. The van der Waals surface area contributed by atoms with Crippen molar-refractivity contribution < 1.29 is 17.6 Å². The third kappa shape index (κ3) is 3.01. The molecule has 1 rings (SSSR count). The van der Waals surface area contributed by atoms with E-state index in [1.807, 2.05) is 0 Å². The lowest BCUT2D eigenvalue weighted by molar-refractivity contribution is -0.137. The first-order valence-corrected chi connectivity index (χ1v) is 4.20. The van der Waals surface area contributed by atoms with Crippen LogP contribution >= 0.6 is 0 Å². The molecule has 0 spiro atoms. The normalized spacial score (nSPS) is 14.1. The number of hydrogen-bond acceptors (Lipinski definition) is 0. The lowest BCUT2D eigenvalue weighted by atomic mass is 10.1. The van der Waals surface area contributed by atoms with Crippen LogP contribution < -0.4 is 0 Å². The summed E-state index contributed by atoms with van der Waals surface area (Å²) in [7, 11) is 0. The van der Waals surface area contributed by atoms with E-state index in [9.17, 15) is 17.6 Å². The van der Waals surface area contributed by atoms with Crippen LogP contribution in [0.15, 0.2) is 24.3 Å². The van der Waals surface area contributed by atoms with E-state index in [1.54, 1.807) is 0 Å². The highest BCUT2D eigenvalue weighted by Crippen LogP contribution is 2.29. The number of rotatable bonds is 2.